The fourth-order valence-electron chi connectivity index (χ4n) is 3.70. The number of hydrogen-bond acceptors (Lipinski definition) is 5. The van der Waals surface area contributed by atoms with Crippen LogP contribution in [0.5, 0.6) is 0 Å². The fraction of sp³-hybridized carbons (Fsp3) is 0.476. The van der Waals surface area contributed by atoms with Crippen molar-refractivity contribution in [3.8, 4) is 0 Å². The molecule has 1 atom stereocenters. The standard InChI is InChI=1S/C21H26Cl2N2O4S/c1-15-5-3-11-25(13-15)12-4-10-24-21(26)19-9-8-16(29-19)14-30(27,28)20-17(22)6-2-7-18(20)23/h2,6-9,15H,3-5,10-14H2,1H3,(H,24,26)/t15-/m0/s1. The van der Waals surface area contributed by atoms with E-state index in [-0.39, 0.29) is 32.4 Å². The molecular formula is C21H26Cl2N2O4S. The van der Waals surface area contributed by atoms with Crippen LogP contribution in [0.2, 0.25) is 10.0 Å². The number of nitrogens with one attached hydrogen (secondary N) is 1. The highest BCUT2D eigenvalue weighted by Crippen LogP contribution is 2.31. The van der Waals surface area contributed by atoms with Crippen LogP contribution >= 0.6 is 23.2 Å². The first kappa shape index (κ1) is 23.1. The lowest BCUT2D eigenvalue weighted by Gasteiger charge is -2.30. The Morgan fingerprint density at radius 3 is 2.67 bits per heavy atom. The molecule has 2 heterocycles. The van der Waals surface area contributed by atoms with E-state index < -0.39 is 15.6 Å². The third-order valence-corrected chi connectivity index (χ3v) is 7.71. The van der Waals surface area contributed by atoms with Crippen molar-refractivity contribution in [1.29, 1.82) is 0 Å². The van der Waals surface area contributed by atoms with E-state index in [1.54, 1.807) is 6.07 Å². The first-order valence-electron chi connectivity index (χ1n) is 10.0. The van der Waals surface area contributed by atoms with Gasteiger partial charge in [0.15, 0.2) is 15.6 Å². The Bertz CT molecular complexity index is 970. The molecule has 1 saturated heterocycles. The molecule has 1 fully saturated rings. The number of carbonyl (C=O) groups is 1. The predicted octanol–water partition coefficient (Wildman–Crippen LogP) is 4.41. The van der Waals surface area contributed by atoms with E-state index in [1.165, 1.54) is 37.1 Å². The van der Waals surface area contributed by atoms with E-state index in [0.717, 1.165) is 32.0 Å². The monoisotopic (exact) mass is 472 g/mol. The number of halogens is 2. The van der Waals surface area contributed by atoms with Crippen molar-refractivity contribution in [2.75, 3.05) is 26.2 Å². The minimum absolute atomic E-state index is 0.0510. The molecule has 0 aliphatic carbocycles. The van der Waals surface area contributed by atoms with Crippen molar-refractivity contribution >= 4 is 38.9 Å². The van der Waals surface area contributed by atoms with Crippen LogP contribution < -0.4 is 5.32 Å². The molecule has 1 aliphatic heterocycles. The minimum Gasteiger partial charge on any atom is -0.455 e. The first-order valence-corrected chi connectivity index (χ1v) is 12.4. The molecule has 1 aromatic heterocycles. The van der Waals surface area contributed by atoms with Crippen molar-refractivity contribution in [2.24, 2.45) is 5.92 Å². The molecule has 1 aromatic carbocycles. The molecular weight excluding hydrogens is 447 g/mol. The summed E-state index contributed by atoms with van der Waals surface area (Å²) in [6.07, 6.45) is 3.36. The van der Waals surface area contributed by atoms with Crippen molar-refractivity contribution in [3.63, 3.8) is 0 Å². The van der Waals surface area contributed by atoms with Crippen molar-refractivity contribution < 1.29 is 17.6 Å². The van der Waals surface area contributed by atoms with Gasteiger partial charge in [-0.15, -0.1) is 0 Å². The second-order valence-electron chi connectivity index (χ2n) is 7.73. The summed E-state index contributed by atoms with van der Waals surface area (Å²) in [6, 6.07) is 7.45. The summed E-state index contributed by atoms with van der Waals surface area (Å²) in [4.78, 5) is 14.6. The molecule has 9 heteroatoms. The summed E-state index contributed by atoms with van der Waals surface area (Å²) in [7, 11) is -3.82. The molecule has 0 saturated carbocycles. The SMILES string of the molecule is C[C@H]1CCCN(CCCNC(=O)c2ccc(CS(=O)(=O)c3c(Cl)cccc3Cl)o2)C1. The van der Waals surface area contributed by atoms with Crippen molar-refractivity contribution in [3.05, 3.63) is 51.9 Å². The van der Waals surface area contributed by atoms with Crippen LogP contribution in [-0.2, 0) is 15.6 Å². The number of nitrogens with zero attached hydrogens (tertiary/aromatic N) is 1. The lowest BCUT2D eigenvalue weighted by molar-refractivity contribution is 0.0921. The average Bonchev–Trinajstić information content (AvgIpc) is 3.12. The van der Waals surface area contributed by atoms with Crippen LogP contribution in [0, 0.1) is 5.92 Å². The Balaban J connectivity index is 1.52. The molecule has 2 aromatic rings. The molecule has 0 unspecified atom stereocenters. The van der Waals surface area contributed by atoms with Gasteiger partial charge in [0.05, 0.1) is 10.0 Å². The van der Waals surface area contributed by atoms with E-state index in [4.69, 9.17) is 27.6 Å². The quantitative estimate of drug-likeness (QED) is 0.575. The van der Waals surface area contributed by atoms with Gasteiger partial charge >= 0.3 is 0 Å². The molecule has 3 rings (SSSR count). The van der Waals surface area contributed by atoms with Gasteiger partial charge in [-0.25, -0.2) is 8.42 Å². The van der Waals surface area contributed by atoms with Crippen molar-refractivity contribution in [2.45, 2.75) is 36.8 Å². The summed E-state index contributed by atoms with van der Waals surface area (Å²) in [6.45, 7) is 5.98. The molecule has 1 aliphatic rings. The number of likely N-dealkylation sites (tertiary alicyclic amines) is 1. The highest BCUT2D eigenvalue weighted by atomic mass is 35.5. The molecule has 0 radical (unpaired) electrons. The number of piperidine rings is 1. The highest BCUT2D eigenvalue weighted by molar-refractivity contribution is 7.90. The number of hydrogen-bond donors (Lipinski definition) is 1. The third-order valence-electron chi connectivity index (χ3n) is 5.13. The lowest BCUT2D eigenvalue weighted by atomic mass is 10.0. The average molecular weight is 473 g/mol. The molecule has 1 N–H and O–H groups in total. The highest BCUT2D eigenvalue weighted by Gasteiger charge is 2.24. The second kappa shape index (κ2) is 10.2. The van der Waals surface area contributed by atoms with Crippen LogP contribution in [0.25, 0.3) is 0 Å². The van der Waals surface area contributed by atoms with Gasteiger partial charge < -0.3 is 14.6 Å². The largest absolute Gasteiger partial charge is 0.455 e. The van der Waals surface area contributed by atoms with Crippen molar-refractivity contribution in [1.82, 2.24) is 10.2 Å². The topological polar surface area (TPSA) is 79.6 Å². The maximum absolute atomic E-state index is 12.7. The van der Waals surface area contributed by atoms with Crippen LogP contribution in [0.1, 0.15) is 42.5 Å². The number of sulfone groups is 1. The maximum atomic E-state index is 12.7. The fourth-order valence-corrected chi connectivity index (χ4v) is 6.21. The Morgan fingerprint density at radius 1 is 1.23 bits per heavy atom. The van der Waals surface area contributed by atoms with Gasteiger partial charge in [-0.3, -0.25) is 4.79 Å². The molecule has 1 amide bonds. The number of amides is 1. The Labute approximate surface area is 187 Å². The van der Waals surface area contributed by atoms with Gasteiger partial charge in [0.2, 0.25) is 0 Å². The minimum atomic E-state index is -3.82. The molecule has 30 heavy (non-hydrogen) atoms. The Kier molecular flexibility index (Phi) is 7.85. The zero-order valence-corrected chi connectivity index (χ0v) is 19.2. The zero-order chi connectivity index (χ0) is 21.7. The molecule has 6 nitrogen and oxygen atoms in total. The summed E-state index contributed by atoms with van der Waals surface area (Å²) >= 11 is 12.0. The Hall–Kier alpha value is -1.54. The third kappa shape index (κ3) is 6.00. The summed E-state index contributed by atoms with van der Waals surface area (Å²) in [5.74, 6) is 0.167. The molecule has 164 valence electrons. The number of carbonyl (C=O) groups excluding carboxylic acids is 1. The number of benzene rings is 1. The molecule has 0 bridgehead atoms. The maximum Gasteiger partial charge on any atom is 0.286 e. The van der Waals surface area contributed by atoms with E-state index >= 15 is 0 Å². The number of rotatable bonds is 8. The zero-order valence-electron chi connectivity index (χ0n) is 16.9. The molecule has 0 spiro atoms. The van der Waals surface area contributed by atoms with E-state index in [1.807, 2.05) is 0 Å². The van der Waals surface area contributed by atoms with Gasteiger partial charge in [0.1, 0.15) is 16.4 Å². The van der Waals surface area contributed by atoms with E-state index in [0.29, 0.717) is 6.54 Å². The van der Waals surface area contributed by atoms with E-state index in [9.17, 15) is 13.2 Å². The van der Waals surface area contributed by atoms with Crippen LogP contribution in [-0.4, -0.2) is 45.4 Å². The van der Waals surface area contributed by atoms with Gasteiger partial charge in [-0.05, 0) is 62.5 Å². The van der Waals surface area contributed by atoms with Crippen LogP contribution in [0.3, 0.4) is 0 Å². The second-order valence-corrected chi connectivity index (χ2v) is 10.5. The van der Waals surface area contributed by atoms with Gasteiger partial charge in [-0.2, -0.15) is 0 Å². The smallest absolute Gasteiger partial charge is 0.286 e. The lowest BCUT2D eigenvalue weighted by Crippen LogP contribution is -2.36. The predicted molar refractivity (Wildman–Crippen MR) is 118 cm³/mol. The first-order chi connectivity index (χ1) is 14.3. The van der Waals surface area contributed by atoms with Crippen LogP contribution in [0.4, 0.5) is 0 Å². The van der Waals surface area contributed by atoms with Gasteiger partial charge in [-0.1, -0.05) is 36.2 Å². The normalized spacial score (nSPS) is 17.8. The van der Waals surface area contributed by atoms with Crippen LogP contribution in [0.15, 0.2) is 39.6 Å². The van der Waals surface area contributed by atoms with E-state index in [2.05, 4.69) is 17.1 Å². The summed E-state index contributed by atoms with van der Waals surface area (Å²) in [5, 5.41) is 2.93. The van der Waals surface area contributed by atoms with Gasteiger partial charge in [0, 0.05) is 13.1 Å². The Morgan fingerprint density at radius 2 is 1.97 bits per heavy atom. The summed E-state index contributed by atoms with van der Waals surface area (Å²) in [5.41, 5.74) is 0. The number of furan rings is 1. The van der Waals surface area contributed by atoms with Gasteiger partial charge in [0.25, 0.3) is 5.91 Å². The summed E-state index contributed by atoms with van der Waals surface area (Å²) < 4.78 is 30.8.